The fraction of sp³-hybridized carbons (Fsp3) is 1.00. The van der Waals surface area contributed by atoms with Gasteiger partial charge in [0, 0.05) is 0 Å². The summed E-state index contributed by atoms with van der Waals surface area (Å²) in [5.41, 5.74) is 0. The largest absolute Gasteiger partial charge is 0.673 e. The van der Waals surface area contributed by atoms with E-state index in [0.717, 1.165) is 6.04 Å². The summed E-state index contributed by atoms with van der Waals surface area (Å²) in [6.45, 7) is 7.94. The van der Waals surface area contributed by atoms with Crippen molar-refractivity contribution in [2.24, 2.45) is 0 Å². The van der Waals surface area contributed by atoms with Gasteiger partial charge in [-0.3, -0.25) is 0 Å². The normalized spacial score (nSPS) is 11.1. The summed E-state index contributed by atoms with van der Waals surface area (Å²) in [7, 11) is -6.00. The second-order valence-corrected chi connectivity index (χ2v) is 2.72. The highest BCUT2D eigenvalue weighted by Gasteiger charge is 2.20. The van der Waals surface area contributed by atoms with E-state index in [-0.39, 0.29) is 0 Å². The van der Waals surface area contributed by atoms with Crippen LogP contribution in [0.4, 0.5) is 17.3 Å². The van der Waals surface area contributed by atoms with Gasteiger partial charge in [0.05, 0.1) is 12.6 Å². The highest BCUT2D eigenvalue weighted by Crippen LogP contribution is 2.06. The van der Waals surface area contributed by atoms with Crippen LogP contribution in [0.2, 0.25) is 0 Å². The van der Waals surface area contributed by atoms with Crippen molar-refractivity contribution >= 4 is 7.25 Å². The lowest BCUT2D eigenvalue weighted by Crippen LogP contribution is -2.89. The van der Waals surface area contributed by atoms with E-state index in [4.69, 9.17) is 0 Å². The van der Waals surface area contributed by atoms with E-state index in [1.54, 1.807) is 0 Å². The number of rotatable bonds is 4. The van der Waals surface area contributed by atoms with Crippen molar-refractivity contribution in [1.82, 2.24) is 0 Å². The van der Waals surface area contributed by atoms with Gasteiger partial charge >= 0.3 is 7.25 Å². The molecule has 0 heterocycles. The van der Waals surface area contributed by atoms with Crippen LogP contribution in [0.15, 0.2) is 0 Å². The van der Waals surface area contributed by atoms with Crippen molar-refractivity contribution < 1.29 is 22.6 Å². The molecule has 0 aliphatic heterocycles. The lowest BCUT2D eigenvalue weighted by atomic mass is 10.2. The fourth-order valence-electron chi connectivity index (χ4n) is 0.955. The van der Waals surface area contributed by atoms with E-state index >= 15 is 0 Å². The first kappa shape index (κ1) is 15.2. The lowest BCUT2D eigenvalue weighted by Gasteiger charge is -2.07. The van der Waals surface area contributed by atoms with Gasteiger partial charge in [0.25, 0.3) is 0 Å². The van der Waals surface area contributed by atoms with Crippen LogP contribution < -0.4 is 5.32 Å². The lowest BCUT2D eigenvalue weighted by molar-refractivity contribution is -0.687. The summed E-state index contributed by atoms with van der Waals surface area (Å²) in [6, 6.07) is 0.875. The van der Waals surface area contributed by atoms with Gasteiger partial charge in [-0.25, -0.2) is 0 Å². The van der Waals surface area contributed by atoms with Crippen molar-refractivity contribution in [2.45, 2.75) is 39.7 Å². The predicted octanol–water partition coefficient (Wildman–Crippen LogP) is 2.06. The Morgan fingerprint density at radius 1 is 1.00 bits per heavy atom. The van der Waals surface area contributed by atoms with Gasteiger partial charge in [0.1, 0.15) is 0 Å². The quantitative estimate of drug-likeness (QED) is 0.532. The molecule has 13 heavy (non-hydrogen) atoms. The average Bonchev–Trinajstić information content (AvgIpc) is 1.97. The summed E-state index contributed by atoms with van der Waals surface area (Å²) in [5, 5.41) is 2.40. The van der Waals surface area contributed by atoms with Gasteiger partial charge < -0.3 is 22.6 Å². The molecule has 1 nitrogen and oxygen atoms in total. The van der Waals surface area contributed by atoms with E-state index in [2.05, 4.69) is 26.1 Å². The van der Waals surface area contributed by atoms with Crippen molar-refractivity contribution in [3.05, 3.63) is 0 Å². The van der Waals surface area contributed by atoms with E-state index in [1.165, 1.54) is 19.4 Å². The maximum Gasteiger partial charge on any atom is 0.673 e. The summed E-state index contributed by atoms with van der Waals surface area (Å²) < 4.78 is 39.0. The van der Waals surface area contributed by atoms with Gasteiger partial charge in [-0.05, 0) is 19.8 Å². The van der Waals surface area contributed by atoms with Crippen LogP contribution >= 0.6 is 0 Å². The van der Waals surface area contributed by atoms with Gasteiger partial charge in [-0.2, -0.15) is 0 Å². The molecule has 82 valence electrons. The zero-order valence-electron chi connectivity index (χ0n) is 8.37. The topological polar surface area (TPSA) is 16.6 Å². The minimum Gasteiger partial charge on any atom is -0.418 e. The Balaban J connectivity index is 0. The van der Waals surface area contributed by atoms with Crippen molar-refractivity contribution in [3.63, 3.8) is 0 Å². The third-order valence-electron chi connectivity index (χ3n) is 1.62. The second-order valence-electron chi connectivity index (χ2n) is 2.72. The van der Waals surface area contributed by atoms with E-state index in [1.807, 2.05) is 0 Å². The number of halogens is 4. The number of quaternary nitrogens is 1. The smallest absolute Gasteiger partial charge is 0.418 e. The van der Waals surface area contributed by atoms with Crippen LogP contribution in [0.3, 0.4) is 0 Å². The summed E-state index contributed by atoms with van der Waals surface area (Å²) in [6.07, 6.45) is 2.62. The maximum absolute atomic E-state index is 9.75. The zero-order valence-corrected chi connectivity index (χ0v) is 8.37. The van der Waals surface area contributed by atoms with E-state index in [9.17, 15) is 17.3 Å². The van der Waals surface area contributed by atoms with Gasteiger partial charge in [0.15, 0.2) is 0 Å². The molecule has 0 rings (SSSR count). The first-order valence-corrected chi connectivity index (χ1v) is 4.55. The molecule has 0 aliphatic rings. The average molecular weight is 203 g/mol. The molecule has 0 aliphatic carbocycles. The van der Waals surface area contributed by atoms with Crippen LogP contribution in [-0.4, -0.2) is 19.8 Å². The highest BCUT2D eigenvalue weighted by molar-refractivity contribution is 6.50. The van der Waals surface area contributed by atoms with E-state index in [0.29, 0.717) is 0 Å². The SMILES string of the molecule is CC[NH2+]C(CC)CC.F[B-](F)(F)F. The molecule has 0 amide bonds. The minimum absolute atomic E-state index is 0.875. The summed E-state index contributed by atoms with van der Waals surface area (Å²) >= 11 is 0. The monoisotopic (exact) mass is 203 g/mol. The Morgan fingerprint density at radius 2 is 1.31 bits per heavy atom. The fourth-order valence-corrected chi connectivity index (χ4v) is 0.955. The third-order valence-corrected chi connectivity index (χ3v) is 1.62. The Bertz CT molecular complexity index is 97.2. The molecule has 0 saturated heterocycles. The molecule has 6 heteroatoms. The van der Waals surface area contributed by atoms with E-state index < -0.39 is 7.25 Å². The molecule has 0 spiro atoms. The van der Waals surface area contributed by atoms with Gasteiger partial charge in [0.2, 0.25) is 0 Å². The molecular weight excluding hydrogens is 185 g/mol. The Hall–Kier alpha value is -0.255. The molecule has 0 saturated carbocycles. The highest BCUT2D eigenvalue weighted by atomic mass is 19.5. The summed E-state index contributed by atoms with van der Waals surface area (Å²) in [4.78, 5) is 0. The van der Waals surface area contributed by atoms with Crippen molar-refractivity contribution in [3.8, 4) is 0 Å². The van der Waals surface area contributed by atoms with Crippen LogP contribution in [-0.2, 0) is 0 Å². The maximum atomic E-state index is 9.75. The number of nitrogens with two attached hydrogens (primary N) is 1. The van der Waals surface area contributed by atoms with Crippen LogP contribution in [0.25, 0.3) is 0 Å². The predicted molar refractivity (Wildman–Crippen MR) is 47.0 cm³/mol. The molecule has 2 N–H and O–H groups in total. The molecular formula is C7H18BF4N. The minimum atomic E-state index is -6.00. The van der Waals surface area contributed by atoms with Crippen LogP contribution in [0, 0.1) is 0 Å². The molecule has 0 bridgehead atoms. The van der Waals surface area contributed by atoms with Crippen LogP contribution in [0.5, 0.6) is 0 Å². The molecule has 0 aromatic carbocycles. The van der Waals surface area contributed by atoms with Crippen molar-refractivity contribution in [1.29, 1.82) is 0 Å². The molecule has 0 aromatic heterocycles. The first-order chi connectivity index (χ1) is 5.85. The number of hydrogen-bond donors (Lipinski definition) is 1. The van der Waals surface area contributed by atoms with Gasteiger partial charge in [-0.15, -0.1) is 0 Å². The second kappa shape index (κ2) is 8.35. The molecule has 0 radical (unpaired) electrons. The standard InChI is InChI=1S/C7H17N.BF4/c1-4-7(5-2)8-6-3;2-1(3,4)5/h7-8H,4-6H2,1-3H3;/q;-1/p+1. The summed E-state index contributed by atoms with van der Waals surface area (Å²) in [5.74, 6) is 0. The molecule has 0 atom stereocenters. The number of hydrogen-bond acceptors (Lipinski definition) is 0. The Labute approximate surface area is 77.0 Å². The Morgan fingerprint density at radius 3 is 1.38 bits per heavy atom. The zero-order chi connectivity index (χ0) is 10.9. The third kappa shape index (κ3) is 24.5. The van der Waals surface area contributed by atoms with Gasteiger partial charge in [-0.1, -0.05) is 13.8 Å². The Kier molecular flexibility index (Phi) is 9.78. The molecule has 0 unspecified atom stereocenters. The van der Waals surface area contributed by atoms with Crippen LogP contribution in [0.1, 0.15) is 33.6 Å². The molecule has 0 fully saturated rings. The van der Waals surface area contributed by atoms with Crippen molar-refractivity contribution in [2.75, 3.05) is 6.54 Å². The first-order valence-electron chi connectivity index (χ1n) is 4.55. The molecule has 0 aromatic rings.